The van der Waals surface area contributed by atoms with Crippen molar-refractivity contribution in [1.82, 2.24) is 4.98 Å². The number of benzene rings is 2. The molecule has 0 aliphatic heterocycles. The Morgan fingerprint density at radius 3 is 2.61 bits per heavy atom. The first-order valence-electron chi connectivity index (χ1n) is 7.09. The lowest BCUT2D eigenvalue weighted by molar-refractivity contribution is 0.0526. The highest BCUT2D eigenvalue weighted by Crippen LogP contribution is 2.16. The van der Waals surface area contributed by atoms with E-state index in [2.05, 4.69) is 10.3 Å². The summed E-state index contributed by atoms with van der Waals surface area (Å²) in [6.45, 7) is 2.07. The van der Waals surface area contributed by atoms with Crippen molar-refractivity contribution in [2.75, 3.05) is 11.9 Å². The number of carbonyl (C=O) groups excluding carboxylic acids is 2. The first-order chi connectivity index (χ1) is 11.2. The molecule has 0 bridgehead atoms. The SMILES string of the molecule is CCOC(=O)c1ccc(NC(=O)c2ccc3ocnc3c2)cc1. The largest absolute Gasteiger partial charge is 0.462 e. The minimum atomic E-state index is -0.387. The van der Waals surface area contributed by atoms with E-state index in [4.69, 9.17) is 9.15 Å². The van der Waals surface area contributed by atoms with Gasteiger partial charge in [0.15, 0.2) is 12.0 Å². The maximum absolute atomic E-state index is 12.2. The van der Waals surface area contributed by atoms with Crippen molar-refractivity contribution in [2.45, 2.75) is 6.92 Å². The highest BCUT2D eigenvalue weighted by atomic mass is 16.5. The average Bonchev–Trinajstić information content (AvgIpc) is 3.03. The van der Waals surface area contributed by atoms with E-state index in [1.54, 1.807) is 49.4 Å². The molecule has 0 atom stereocenters. The van der Waals surface area contributed by atoms with E-state index in [0.29, 0.717) is 34.5 Å². The second-order valence-corrected chi connectivity index (χ2v) is 4.79. The molecule has 0 spiro atoms. The summed E-state index contributed by atoms with van der Waals surface area (Å²) in [4.78, 5) is 27.8. The maximum Gasteiger partial charge on any atom is 0.338 e. The number of amides is 1. The van der Waals surface area contributed by atoms with Crippen molar-refractivity contribution in [3.63, 3.8) is 0 Å². The van der Waals surface area contributed by atoms with E-state index >= 15 is 0 Å². The van der Waals surface area contributed by atoms with Crippen molar-refractivity contribution < 1.29 is 18.7 Å². The van der Waals surface area contributed by atoms with Crippen LogP contribution in [0.15, 0.2) is 53.3 Å². The number of anilines is 1. The van der Waals surface area contributed by atoms with Crippen LogP contribution in [0.4, 0.5) is 5.69 Å². The van der Waals surface area contributed by atoms with Crippen LogP contribution in [0.25, 0.3) is 11.1 Å². The molecule has 1 N–H and O–H groups in total. The van der Waals surface area contributed by atoms with E-state index < -0.39 is 0 Å². The van der Waals surface area contributed by atoms with Gasteiger partial charge in [-0.15, -0.1) is 0 Å². The van der Waals surface area contributed by atoms with E-state index in [1.165, 1.54) is 6.39 Å². The number of fused-ring (bicyclic) bond motifs is 1. The van der Waals surface area contributed by atoms with Gasteiger partial charge in [0.1, 0.15) is 5.52 Å². The fraction of sp³-hybridized carbons (Fsp3) is 0.118. The fourth-order valence-electron chi connectivity index (χ4n) is 2.11. The normalized spacial score (nSPS) is 10.5. The minimum Gasteiger partial charge on any atom is -0.462 e. The molecule has 0 saturated carbocycles. The molecular weight excluding hydrogens is 296 g/mol. The molecule has 0 unspecified atom stereocenters. The van der Waals surface area contributed by atoms with E-state index in [9.17, 15) is 9.59 Å². The number of ether oxygens (including phenoxy) is 1. The van der Waals surface area contributed by atoms with Gasteiger partial charge in [-0.3, -0.25) is 4.79 Å². The smallest absolute Gasteiger partial charge is 0.338 e. The summed E-state index contributed by atoms with van der Waals surface area (Å²) in [5, 5.41) is 2.76. The van der Waals surface area contributed by atoms with Crippen molar-refractivity contribution in [1.29, 1.82) is 0 Å². The Kier molecular flexibility index (Phi) is 4.05. The van der Waals surface area contributed by atoms with Crippen LogP contribution in [-0.4, -0.2) is 23.5 Å². The summed E-state index contributed by atoms with van der Waals surface area (Å²) in [7, 11) is 0. The molecule has 3 rings (SSSR count). The highest BCUT2D eigenvalue weighted by molar-refractivity contribution is 6.06. The van der Waals surface area contributed by atoms with Crippen LogP contribution in [0.5, 0.6) is 0 Å². The number of nitrogens with one attached hydrogen (secondary N) is 1. The summed E-state index contributed by atoms with van der Waals surface area (Å²) in [6.07, 6.45) is 1.33. The number of rotatable bonds is 4. The van der Waals surface area contributed by atoms with Crippen molar-refractivity contribution in [2.24, 2.45) is 0 Å². The van der Waals surface area contributed by atoms with Crippen molar-refractivity contribution in [3.8, 4) is 0 Å². The van der Waals surface area contributed by atoms with Crippen molar-refractivity contribution in [3.05, 3.63) is 60.0 Å². The lowest BCUT2D eigenvalue weighted by Crippen LogP contribution is -2.12. The molecule has 0 fully saturated rings. The summed E-state index contributed by atoms with van der Waals surface area (Å²) >= 11 is 0. The zero-order valence-corrected chi connectivity index (χ0v) is 12.4. The molecule has 116 valence electrons. The third-order valence-corrected chi connectivity index (χ3v) is 3.25. The summed E-state index contributed by atoms with van der Waals surface area (Å²) < 4.78 is 10.0. The molecule has 6 nitrogen and oxygen atoms in total. The predicted molar refractivity (Wildman–Crippen MR) is 84.4 cm³/mol. The molecular formula is C17H14N2O4. The number of nitrogens with zero attached hydrogens (tertiary/aromatic N) is 1. The summed E-state index contributed by atoms with van der Waals surface area (Å²) in [5.74, 6) is -0.652. The zero-order valence-electron chi connectivity index (χ0n) is 12.4. The topological polar surface area (TPSA) is 81.4 Å². The molecule has 23 heavy (non-hydrogen) atoms. The lowest BCUT2D eigenvalue weighted by Gasteiger charge is -2.06. The monoisotopic (exact) mass is 310 g/mol. The predicted octanol–water partition coefficient (Wildman–Crippen LogP) is 3.26. The van der Waals surface area contributed by atoms with Gasteiger partial charge in [-0.2, -0.15) is 0 Å². The van der Waals surface area contributed by atoms with Gasteiger partial charge in [0.05, 0.1) is 12.2 Å². The van der Waals surface area contributed by atoms with E-state index in [0.717, 1.165) is 0 Å². The van der Waals surface area contributed by atoms with Gasteiger partial charge in [-0.1, -0.05) is 0 Å². The maximum atomic E-state index is 12.2. The number of esters is 1. The Balaban J connectivity index is 1.73. The summed E-state index contributed by atoms with van der Waals surface area (Å²) in [6, 6.07) is 11.5. The van der Waals surface area contributed by atoms with Crippen LogP contribution in [0.2, 0.25) is 0 Å². The first kappa shape index (κ1) is 14.8. The number of oxazole rings is 1. The van der Waals surface area contributed by atoms with Crippen LogP contribution < -0.4 is 5.32 Å². The molecule has 0 aliphatic rings. The molecule has 0 radical (unpaired) electrons. The van der Waals surface area contributed by atoms with Crippen LogP contribution in [0, 0.1) is 0 Å². The van der Waals surface area contributed by atoms with Gasteiger partial charge in [-0.25, -0.2) is 9.78 Å². The van der Waals surface area contributed by atoms with Gasteiger partial charge < -0.3 is 14.5 Å². The second-order valence-electron chi connectivity index (χ2n) is 4.79. The third kappa shape index (κ3) is 3.21. The van der Waals surface area contributed by atoms with Gasteiger partial charge in [0.2, 0.25) is 0 Å². The van der Waals surface area contributed by atoms with Crippen molar-refractivity contribution >= 4 is 28.7 Å². The van der Waals surface area contributed by atoms with Crippen LogP contribution in [-0.2, 0) is 4.74 Å². The molecule has 1 heterocycles. The Labute approximate surface area is 132 Å². The molecule has 3 aromatic rings. The third-order valence-electron chi connectivity index (χ3n) is 3.25. The van der Waals surface area contributed by atoms with Gasteiger partial charge >= 0.3 is 5.97 Å². The highest BCUT2D eigenvalue weighted by Gasteiger charge is 2.10. The Morgan fingerprint density at radius 1 is 1.13 bits per heavy atom. The number of aromatic nitrogens is 1. The van der Waals surface area contributed by atoms with Gasteiger partial charge in [0.25, 0.3) is 5.91 Å². The molecule has 0 aliphatic carbocycles. The first-order valence-corrected chi connectivity index (χ1v) is 7.09. The van der Waals surface area contributed by atoms with E-state index in [1.807, 2.05) is 0 Å². The molecule has 2 aromatic carbocycles. The number of hydrogen-bond acceptors (Lipinski definition) is 5. The van der Waals surface area contributed by atoms with Gasteiger partial charge in [-0.05, 0) is 49.4 Å². The zero-order chi connectivity index (χ0) is 16.2. The number of hydrogen-bond donors (Lipinski definition) is 1. The van der Waals surface area contributed by atoms with Crippen LogP contribution >= 0.6 is 0 Å². The Morgan fingerprint density at radius 2 is 1.87 bits per heavy atom. The fourth-order valence-corrected chi connectivity index (χ4v) is 2.11. The molecule has 1 amide bonds. The lowest BCUT2D eigenvalue weighted by atomic mass is 10.1. The summed E-state index contributed by atoms with van der Waals surface area (Å²) in [5.41, 5.74) is 2.74. The quantitative estimate of drug-likeness (QED) is 0.748. The number of carbonyl (C=O) groups is 2. The Hall–Kier alpha value is -3.15. The minimum absolute atomic E-state index is 0.265. The van der Waals surface area contributed by atoms with Gasteiger partial charge in [0, 0.05) is 11.3 Å². The standard InChI is InChI=1S/C17H14N2O4/c1-2-22-17(21)11-3-6-13(7-4-11)19-16(20)12-5-8-15-14(9-12)18-10-23-15/h3-10H,2H2,1H3,(H,19,20). The molecule has 0 saturated heterocycles. The molecule has 6 heteroatoms. The molecule has 1 aromatic heterocycles. The van der Waals surface area contributed by atoms with E-state index in [-0.39, 0.29) is 11.9 Å². The van der Waals surface area contributed by atoms with Crippen LogP contribution in [0.1, 0.15) is 27.6 Å². The van der Waals surface area contributed by atoms with Crippen LogP contribution in [0.3, 0.4) is 0 Å². The average molecular weight is 310 g/mol. The Bertz CT molecular complexity index is 852. The second kappa shape index (κ2) is 6.31.